The van der Waals surface area contributed by atoms with Crippen LogP contribution in [0, 0.1) is 16.2 Å². The van der Waals surface area contributed by atoms with Crippen LogP contribution >= 0.6 is 0 Å². The number of isocyanates is 3. The second kappa shape index (κ2) is 80.5. The highest BCUT2D eigenvalue weighted by atomic mass is 28.1. The summed E-state index contributed by atoms with van der Waals surface area (Å²) in [6.45, 7) is 2.22. The van der Waals surface area contributed by atoms with Crippen molar-refractivity contribution in [2.24, 2.45) is 0 Å². The number of carbonyl (C=O) groups excluding carboxylic acids is 3. The van der Waals surface area contributed by atoms with E-state index in [9.17, 15) is 0 Å². The van der Waals surface area contributed by atoms with E-state index < -0.39 is 0 Å². The zero-order chi connectivity index (χ0) is 11.5. The monoisotopic (exact) mass is 203 g/mol. The van der Waals surface area contributed by atoms with Gasteiger partial charge in [0, 0.05) is 10.2 Å². The van der Waals surface area contributed by atoms with Crippen LogP contribution in [0.2, 0.25) is 6.04 Å². The number of rotatable bonds is 1. The standard InChI is InChI=1S/C3H10Si.3CHNO/c1-2-3-4;3*2-1-3/h2-3H2,1,4H3;3*2H. The lowest BCUT2D eigenvalue weighted by Gasteiger charge is -1.67. The summed E-state index contributed by atoms with van der Waals surface area (Å²) < 4.78 is 0. The van der Waals surface area contributed by atoms with E-state index in [1.54, 1.807) is 0 Å². The molecule has 0 heterocycles. The second-order valence-electron chi connectivity index (χ2n) is 1.31. The molecule has 0 unspecified atom stereocenters. The zero-order valence-electron chi connectivity index (χ0n) is 7.64. The first-order chi connectivity index (χ1) is 6.16. The van der Waals surface area contributed by atoms with Crippen LogP contribution < -0.4 is 0 Å². The third-order valence-electron chi connectivity index (χ3n) is 0.500. The van der Waals surface area contributed by atoms with Crippen molar-refractivity contribution >= 4 is 28.5 Å². The normalized spacial score (nSPS) is 4.38. The van der Waals surface area contributed by atoms with Crippen LogP contribution in [-0.2, 0) is 14.4 Å². The highest BCUT2D eigenvalue weighted by Crippen LogP contribution is 1.73. The molecule has 0 spiro atoms. The molecule has 0 saturated carbocycles. The Bertz CT molecular complexity index is 135. The molecule has 0 aromatic carbocycles. The summed E-state index contributed by atoms with van der Waals surface area (Å²) in [5, 5.41) is 16.2. The van der Waals surface area contributed by atoms with Gasteiger partial charge in [-0.05, 0) is 0 Å². The third kappa shape index (κ3) is 1750. The van der Waals surface area contributed by atoms with Crippen LogP contribution in [0.5, 0.6) is 0 Å². The molecule has 3 N–H and O–H groups in total. The molecule has 0 aliphatic rings. The largest absolute Gasteiger partial charge is 0.231 e. The minimum absolute atomic E-state index is 0.750. The fraction of sp³-hybridized carbons (Fsp3) is 0.500. The molecule has 0 radical (unpaired) electrons. The van der Waals surface area contributed by atoms with Crippen LogP contribution in [0.1, 0.15) is 13.3 Å². The summed E-state index contributed by atoms with van der Waals surface area (Å²) in [7, 11) is 1.39. The Balaban J connectivity index is -0.0000000420. The van der Waals surface area contributed by atoms with E-state index in [1.807, 2.05) is 0 Å². The average molecular weight is 203 g/mol. The summed E-state index contributed by atoms with van der Waals surface area (Å²) >= 11 is 0. The molecule has 0 aromatic rings. The Morgan fingerprint density at radius 3 is 1.08 bits per heavy atom. The topological polar surface area (TPSA) is 123 Å². The second-order valence-corrected chi connectivity index (χ2v) is 2.31. The van der Waals surface area contributed by atoms with Crippen molar-refractivity contribution in [2.75, 3.05) is 0 Å². The van der Waals surface area contributed by atoms with Gasteiger partial charge >= 0.3 is 0 Å². The maximum absolute atomic E-state index is 8.35. The Kier molecular flexibility index (Phi) is 139. The van der Waals surface area contributed by atoms with Crippen molar-refractivity contribution in [3.63, 3.8) is 0 Å². The SMILES string of the molecule is CCC[SiH3].N=C=O.N=C=O.N=C=O. The Morgan fingerprint density at radius 2 is 1.08 bits per heavy atom. The molecule has 6 nitrogen and oxygen atoms in total. The zero-order valence-corrected chi connectivity index (χ0v) is 9.64. The lowest BCUT2D eigenvalue weighted by molar-refractivity contribution is 0.562. The smallest absolute Gasteiger partial charge is 0.222 e. The molecule has 0 amide bonds. The summed E-state index contributed by atoms with van der Waals surface area (Å²) in [4.78, 5) is 25.0. The van der Waals surface area contributed by atoms with Crippen molar-refractivity contribution in [1.29, 1.82) is 16.2 Å². The highest BCUT2D eigenvalue weighted by Gasteiger charge is 1.57. The first-order valence-corrected chi connectivity index (χ1v) is 4.69. The van der Waals surface area contributed by atoms with E-state index in [2.05, 4.69) is 6.92 Å². The molecule has 74 valence electrons. The molecule has 0 bridgehead atoms. The molecule has 0 aliphatic heterocycles. The quantitative estimate of drug-likeness (QED) is 0.313. The first-order valence-electron chi connectivity index (χ1n) is 3.28. The molecular weight excluding hydrogens is 190 g/mol. The van der Waals surface area contributed by atoms with Crippen molar-refractivity contribution in [1.82, 2.24) is 0 Å². The predicted molar refractivity (Wildman–Crippen MR) is 50.3 cm³/mol. The van der Waals surface area contributed by atoms with E-state index in [4.69, 9.17) is 30.6 Å². The fourth-order valence-electron chi connectivity index (χ4n) is 0. The lowest BCUT2D eigenvalue weighted by Crippen LogP contribution is -1.55. The summed E-state index contributed by atoms with van der Waals surface area (Å²) in [5.41, 5.74) is 0. The van der Waals surface area contributed by atoms with Crippen LogP contribution in [0.3, 0.4) is 0 Å². The van der Waals surface area contributed by atoms with Crippen molar-refractivity contribution in [3.05, 3.63) is 0 Å². The van der Waals surface area contributed by atoms with Gasteiger partial charge in [-0.25, -0.2) is 30.6 Å². The van der Waals surface area contributed by atoms with Gasteiger partial charge in [0.15, 0.2) is 0 Å². The maximum Gasteiger partial charge on any atom is 0.231 e. The molecular formula is C6H13N3O3Si. The van der Waals surface area contributed by atoms with Gasteiger partial charge < -0.3 is 0 Å². The van der Waals surface area contributed by atoms with E-state index in [0.29, 0.717) is 0 Å². The van der Waals surface area contributed by atoms with Gasteiger partial charge in [-0.2, -0.15) is 0 Å². The lowest BCUT2D eigenvalue weighted by atomic mass is 10.6. The Labute approximate surface area is 79.3 Å². The van der Waals surface area contributed by atoms with Gasteiger partial charge in [0.25, 0.3) is 0 Å². The van der Waals surface area contributed by atoms with Gasteiger partial charge in [-0.1, -0.05) is 19.4 Å². The minimum Gasteiger partial charge on any atom is -0.222 e. The first kappa shape index (κ1) is 22.5. The predicted octanol–water partition coefficient (Wildman–Crippen LogP) is -0.117. The Morgan fingerprint density at radius 1 is 1.00 bits per heavy atom. The van der Waals surface area contributed by atoms with Crippen molar-refractivity contribution < 1.29 is 14.4 Å². The van der Waals surface area contributed by atoms with Crippen LogP contribution in [0.25, 0.3) is 0 Å². The molecule has 0 aliphatic carbocycles. The average Bonchev–Trinajstić information content (AvgIpc) is 2.08. The van der Waals surface area contributed by atoms with E-state index in [-0.39, 0.29) is 0 Å². The number of nitrogens with one attached hydrogen (secondary N) is 3. The third-order valence-corrected chi connectivity index (χ3v) is 1.50. The highest BCUT2D eigenvalue weighted by molar-refractivity contribution is 6.08. The molecule has 0 aromatic heterocycles. The summed E-state index contributed by atoms with van der Waals surface area (Å²) in [5.74, 6) is 0. The van der Waals surface area contributed by atoms with E-state index in [0.717, 1.165) is 18.2 Å². The van der Waals surface area contributed by atoms with Crippen LogP contribution in [-0.4, -0.2) is 28.5 Å². The minimum atomic E-state index is 0.750. The number of hydrogen-bond donors (Lipinski definition) is 3. The fourth-order valence-corrected chi connectivity index (χ4v) is 0. The Hall–Kier alpha value is -1.64. The van der Waals surface area contributed by atoms with Gasteiger partial charge in [0.2, 0.25) is 18.2 Å². The molecule has 0 fully saturated rings. The van der Waals surface area contributed by atoms with Gasteiger partial charge in [-0.3, -0.25) is 0 Å². The summed E-state index contributed by atoms with van der Waals surface area (Å²) in [6.07, 6.45) is 3.63. The van der Waals surface area contributed by atoms with Gasteiger partial charge in [0.05, 0.1) is 0 Å². The molecule has 13 heavy (non-hydrogen) atoms. The van der Waals surface area contributed by atoms with Crippen molar-refractivity contribution in [2.45, 2.75) is 19.4 Å². The van der Waals surface area contributed by atoms with Crippen LogP contribution in [0.15, 0.2) is 0 Å². The molecule has 0 rings (SSSR count). The maximum atomic E-state index is 8.35. The van der Waals surface area contributed by atoms with Crippen LogP contribution in [0.4, 0.5) is 0 Å². The van der Waals surface area contributed by atoms with Crippen molar-refractivity contribution in [3.8, 4) is 0 Å². The van der Waals surface area contributed by atoms with E-state index in [1.165, 1.54) is 22.7 Å². The molecule has 0 saturated heterocycles. The summed E-state index contributed by atoms with van der Waals surface area (Å²) in [6, 6.07) is 1.46. The van der Waals surface area contributed by atoms with Gasteiger partial charge in [-0.15, -0.1) is 0 Å². The van der Waals surface area contributed by atoms with E-state index >= 15 is 0 Å². The number of hydrogen-bond acceptors (Lipinski definition) is 6. The molecule has 0 atom stereocenters. The van der Waals surface area contributed by atoms with Gasteiger partial charge in [0.1, 0.15) is 0 Å². The molecule has 7 heteroatoms.